The van der Waals surface area contributed by atoms with E-state index in [1.807, 2.05) is 6.07 Å². The molecule has 0 spiro atoms. The highest BCUT2D eigenvalue weighted by Gasteiger charge is 2.34. The molecule has 0 saturated carbocycles. The number of benzene rings is 1. The Bertz CT molecular complexity index is 562. The second-order valence-corrected chi connectivity index (χ2v) is 4.88. The Labute approximate surface area is 123 Å². The van der Waals surface area contributed by atoms with Crippen LogP contribution in [0.15, 0.2) is 24.3 Å². The molecule has 0 saturated heterocycles. The normalized spacial score (nSPS) is 14.4. The Balaban J connectivity index is 2.70. The summed E-state index contributed by atoms with van der Waals surface area (Å²) in [7, 11) is 0. The van der Waals surface area contributed by atoms with Crippen LogP contribution < -0.4 is 10.1 Å². The minimum absolute atomic E-state index is 0.262. The Morgan fingerprint density at radius 2 is 2.00 bits per heavy atom. The van der Waals surface area contributed by atoms with Crippen LogP contribution in [0.4, 0.5) is 0 Å². The van der Waals surface area contributed by atoms with E-state index in [0.29, 0.717) is 11.3 Å². The van der Waals surface area contributed by atoms with Gasteiger partial charge in [-0.3, -0.25) is 4.79 Å². The van der Waals surface area contributed by atoms with E-state index in [9.17, 15) is 9.59 Å². The van der Waals surface area contributed by atoms with E-state index in [2.05, 4.69) is 5.32 Å². The van der Waals surface area contributed by atoms with E-state index < -0.39 is 23.5 Å². The van der Waals surface area contributed by atoms with Gasteiger partial charge < -0.3 is 15.2 Å². The number of nitriles is 1. The van der Waals surface area contributed by atoms with Crippen LogP contribution in [-0.4, -0.2) is 28.6 Å². The fourth-order valence-corrected chi connectivity index (χ4v) is 1.53. The number of hydrogen-bond acceptors (Lipinski definition) is 4. The molecule has 6 heteroatoms. The average Bonchev–Trinajstić information content (AvgIpc) is 2.47. The topological polar surface area (TPSA) is 99.4 Å². The van der Waals surface area contributed by atoms with Crippen molar-refractivity contribution in [2.24, 2.45) is 0 Å². The highest BCUT2D eigenvalue weighted by Crippen LogP contribution is 2.15. The molecular weight excluding hydrogens is 272 g/mol. The van der Waals surface area contributed by atoms with Crippen molar-refractivity contribution >= 4 is 11.9 Å². The molecular formula is C15H18N2O4. The summed E-state index contributed by atoms with van der Waals surface area (Å²) in [5, 5.41) is 20.3. The maximum absolute atomic E-state index is 12.0. The van der Waals surface area contributed by atoms with Crippen LogP contribution in [-0.2, 0) is 9.59 Å². The van der Waals surface area contributed by atoms with E-state index in [1.165, 1.54) is 13.8 Å². The zero-order valence-electron chi connectivity index (χ0n) is 12.2. The first kappa shape index (κ1) is 16.5. The number of carbonyl (C=O) groups is 2. The first-order valence-electron chi connectivity index (χ1n) is 6.54. The van der Waals surface area contributed by atoms with E-state index in [0.717, 1.165) is 0 Å². The molecule has 0 aromatic heterocycles. The molecule has 112 valence electrons. The Kier molecular flexibility index (Phi) is 5.30. The van der Waals surface area contributed by atoms with Crippen molar-refractivity contribution < 1.29 is 19.4 Å². The fraction of sp³-hybridized carbons (Fsp3) is 0.400. The summed E-state index contributed by atoms with van der Waals surface area (Å²) < 4.78 is 5.43. The zero-order chi connectivity index (χ0) is 16.0. The molecule has 21 heavy (non-hydrogen) atoms. The molecule has 0 fully saturated rings. The quantitative estimate of drug-likeness (QED) is 0.830. The summed E-state index contributed by atoms with van der Waals surface area (Å²) in [5.41, 5.74) is -0.830. The van der Waals surface area contributed by atoms with Gasteiger partial charge in [-0.15, -0.1) is 0 Å². The standard InChI is InChI=1S/C15H18N2O4/c1-4-15(3,14(19)20)17-13(18)10(2)21-12-7-5-11(9-16)6-8-12/h5-8,10H,4H2,1-3H3,(H,17,18)(H,19,20). The number of amides is 1. The third-order valence-corrected chi connectivity index (χ3v) is 3.24. The van der Waals surface area contributed by atoms with Crippen molar-refractivity contribution in [1.29, 1.82) is 5.26 Å². The van der Waals surface area contributed by atoms with Gasteiger partial charge in [-0.1, -0.05) is 6.92 Å². The van der Waals surface area contributed by atoms with Crippen molar-refractivity contribution in [3.8, 4) is 11.8 Å². The SMILES string of the molecule is CCC(C)(NC(=O)C(C)Oc1ccc(C#N)cc1)C(=O)O. The summed E-state index contributed by atoms with van der Waals surface area (Å²) in [6, 6.07) is 8.30. The summed E-state index contributed by atoms with van der Waals surface area (Å²) >= 11 is 0. The predicted molar refractivity (Wildman–Crippen MR) is 75.7 cm³/mol. The van der Waals surface area contributed by atoms with Crippen LogP contribution in [0.3, 0.4) is 0 Å². The number of nitrogens with zero attached hydrogens (tertiary/aromatic N) is 1. The van der Waals surface area contributed by atoms with Gasteiger partial charge in [-0.05, 0) is 44.5 Å². The number of nitrogens with one attached hydrogen (secondary N) is 1. The molecule has 2 unspecified atom stereocenters. The summed E-state index contributed by atoms with van der Waals surface area (Å²) in [5.74, 6) is -1.17. The van der Waals surface area contributed by atoms with Crippen LogP contribution in [0.2, 0.25) is 0 Å². The number of carboxylic acids is 1. The lowest BCUT2D eigenvalue weighted by atomic mass is 9.99. The molecule has 6 nitrogen and oxygen atoms in total. The smallest absolute Gasteiger partial charge is 0.329 e. The monoisotopic (exact) mass is 290 g/mol. The Hall–Kier alpha value is -2.55. The maximum atomic E-state index is 12.0. The molecule has 1 aromatic rings. The first-order chi connectivity index (χ1) is 9.82. The van der Waals surface area contributed by atoms with E-state index in [-0.39, 0.29) is 6.42 Å². The van der Waals surface area contributed by atoms with E-state index >= 15 is 0 Å². The molecule has 1 rings (SSSR count). The molecule has 2 atom stereocenters. The number of carboxylic acid groups (broad SMARTS) is 1. The summed E-state index contributed by atoms with van der Waals surface area (Å²) in [6.45, 7) is 4.66. The molecule has 1 amide bonds. The van der Waals surface area contributed by atoms with Gasteiger partial charge in [0.05, 0.1) is 11.6 Å². The summed E-state index contributed by atoms with van der Waals surface area (Å²) in [6.07, 6.45) is -0.583. The molecule has 1 aromatic carbocycles. The average molecular weight is 290 g/mol. The van der Waals surface area contributed by atoms with Gasteiger partial charge in [-0.25, -0.2) is 4.79 Å². The number of carbonyl (C=O) groups excluding carboxylic acids is 1. The van der Waals surface area contributed by atoms with Crippen LogP contribution in [0.25, 0.3) is 0 Å². The predicted octanol–water partition coefficient (Wildman–Crippen LogP) is 1.70. The van der Waals surface area contributed by atoms with Gasteiger partial charge in [0.1, 0.15) is 11.3 Å². The van der Waals surface area contributed by atoms with Gasteiger partial charge in [0.2, 0.25) is 0 Å². The lowest BCUT2D eigenvalue weighted by Gasteiger charge is -2.26. The molecule has 2 N–H and O–H groups in total. The van der Waals surface area contributed by atoms with Gasteiger partial charge in [-0.2, -0.15) is 5.26 Å². The lowest BCUT2D eigenvalue weighted by Crippen LogP contribution is -2.54. The summed E-state index contributed by atoms with van der Waals surface area (Å²) in [4.78, 5) is 23.2. The molecule has 0 aliphatic heterocycles. The first-order valence-corrected chi connectivity index (χ1v) is 6.54. The molecule has 0 heterocycles. The minimum atomic E-state index is -1.32. The van der Waals surface area contributed by atoms with Gasteiger partial charge in [0.15, 0.2) is 6.10 Å². The van der Waals surface area contributed by atoms with E-state index in [1.54, 1.807) is 31.2 Å². The second-order valence-electron chi connectivity index (χ2n) is 4.88. The molecule has 0 aliphatic rings. The third-order valence-electron chi connectivity index (χ3n) is 3.24. The van der Waals surface area contributed by atoms with Crippen molar-refractivity contribution in [3.63, 3.8) is 0 Å². The lowest BCUT2D eigenvalue weighted by molar-refractivity contribution is -0.148. The highest BCUT2D eigenvalue weighted by atomic mass is 16.5. The minimum Gasteiger partial charge on any atom is -0.481 e. The number of rotatable bonds is 6. The van der Waals surface area contributed by atoms with Crippen molar-refractivity contribution in [2.75, 3.05) is 0 Å². The zero-order valence-corrected chi connectivity index (χ0v) is 12.2. The van der Waals surface area contributed by atoms with Gasteiger partial charge in [0, 0.05) is 0 Å². The number of ether oxygens (including phenoxy) is 1. The fourth-order valence-electron chi connectivity index (χ4n) is 1.53. The molecule has 0 bridgehead atoms. The maximum Gasteiger partial charge on any atom is 0.329 e. The Morgan fingerprint density at radius 3 is 2.43 bits per heavy atom. The van der Waals surface area contributed by atoms with Crippen LogP contribution in [0.5, 0.6) is 5.75 Å². The molecule has 0 radical (unpaired) electrons. The van der Waals surface area contributed by atoms with Crippen LogP contribution >= 0.6 is 0 Å². The number of hydrogen-bond donors (Lipinski definition) is 2. The van der Waals surface area contributed by atoms with Crippen LogP contribution in [0.1, 0.15) is 32.8 Å². The van der Waals surface area contributed by atoms with Gasteiger partial charge in [0.25, 0.3) is 5.91 Å². The second kappa shape index (κ2) is 6.75. The van der Waals surface area contributed by atoms with Crippen LogP contribution in [0, 0.1) is 11.3 Å². The van der Waals surface area contributed by atoms with Crippen molar-refractivity contribution in [1.82, 2.24) is 5.32 Å². The highest BCUT2D eigenvalue weighted by molar-refractivity contribution is 5.88. The van der Waals surface area contributed by atoms with E-state index in [4.69, 9.17) is 15.1 Å². The Morgan fingerprint density at radius 1 is 1.43 bits per heavy atom. The molecule has 0 aliphatic carbocycles. The number of aliphatic carboxylic acids is 1. The third kappa shape index (κ3) is 4.21. The van der Waals surface area contributed by atoms with Gasteiger partial charge >= 0.3 is 5.97 Å². The largest absolute Gasteiger partial charge is 0.481 e. The van der Waals surface area contributed by atoms with Crippen molar-refractivity contribution in [3.05, 3.63) is 29.8 Å². The van der Waals surface area contributed by atoms with Crippen molar-refractivity contribution in [2.45, 2.75) is 38.8 Å².